The number of hydrogen-bond acceptors (Lipinski definition) is 2. The van der Waals surface area contributed by atoms with Crippen molar-refractivity contribution in [3.8, 4) is 0 Å². The van der Waals surface area contributed by atoms with Crippen molar-refractivity contribution >= 4 is 0 Å². The molecule has 17 heavy (non-hydrogen) atoms. The zero-order valence-electron chi connectivity index (χ0n) is 10.1. The first kappa shape index (κ1) is 11.2. The lowest BCUT2D eigenvalue weighted by molar-refractivity contribution is -0.00314. The van der Waals surface area contributed by atoms with Crippen molar-refractivity contribution in [2.24, 2.45) is 5.92 Å². The first-order chi connectivity index (χ1) is 8.18. The summed E-state index contributed by atoms with van der Waals surface area (Å²) >= 11 is 0. The number of aliphatic hydroxyl groups is 2. The maximum atomic E-state index is 10.4. The minimum absolute atomic E-state index is 0.204. The Balaban J connectivity index is 1.75. The Hall–Kier alpha value is -0.860. The molecule has 0 bridgehead atoms. The normalized spacial score (nSPS) is 30.5. The topological polar surface area (TPSA) is 40.5 Å². The van der Waals surface area contributed by atoms with E-state index in [4.69, 9.17) is 0 Å². The second-order valence-electron chi connectivity index (χ2n) is 5.74. The summed E-state index contributed by atoms with van der Waals surface area (Å²) in [5.74, 6) is 0.204. The Bertz CT molecular complexity index is 407. The fourth-order valence-corrected chi connectivity index (χ4v) is 3.57. The lowest BCUT2D eigenvalue weighted by Crippen LogP contribution is -2.29. The van der Waals surface area contributed by atoms with E-state index >= 15 is 0 Å². The highest BCUT2D eigenvalue weighted by Crippen LogP contribution is 2.43. The largest absolute Gasteiger partial charge is 0.390 e. The van der Waals surface area contributed by atoms with E-state index in [-0.39, 0.29) is 12.0 Å². The highest BCUT2D eigenvalue weighted by atomic mass is 16.3. The fraction of sp³-hybridized carbons (Fsp3) is 0.600. The zero-order valence-corrected chi connectivity index (χ0v) is 10.1. The molecule has 0 aliphatic heterocycles. The number of fused-ring (bicyclic) bond motifs is 1. The van der Waals surface area contributed by atoms with Gasteiger partial charge in [0.1, 0.15) is 0 Å². The second kappa shape index (κ2) is 4.11. The van der Waals surface area contributed by atoms with Crippen LogP contribution >= 0.6 is 0 Å². The molecular weight excluding hydrogens is 212 g/mol. The molecule has 2 heteroatoms. The first-order valence-electron chi connectivity index (χ1n) is 6.66. The Labute approximate surface area is 102 Å². The van der Waals surface area contributed by atoms with Crippen LogP contribution in [-0.2, 0) is 6.42 Å². The third-order valence-electron chi connectivity index (χ3n) is 4.48. The molecule has 2 atom stereocenters. The van der Waals surface area contributed by atoms with E-state index in [9.17, 15) is 10.2 Å². The maximum Gasteiger partial charge on any atom is 0.0825 e. The van der Waals surface area contributed by atoms with E-state index in [1.165, 1.54) is 5.56 Å². The van der Waals surface area contributed by atoms with Gasteiger partial charge < -0.3 is 10.2 Å². The van der Waals surface area contributed by atoms with E-state index in [1.54, 1.807) is 0 Å². The molecule has 3 rings (SSSR count). The Morgan fingerprint density at radius 3 is 2.59 bits per heavy atom. The van der Waals surface area contributed by atoms with Gasteiger partial charge in [0.15, 0.2) is 0 Å². The van der Waals surface area contributed by atoms with Crippen LogP contribution in [0.15, 0.2) is 24.3 Å². The fourth-order valence-electron chi connectivity index (χ4n) is 3.57. The molecule has 92 valence electrons. The molecule has 2 aliphatic rings. The van der Waals surface area contributed by atoms with E-state index in [0.29, 0.717) is 0 Å². The standard InChI is InChI=1S/C15H20O2/c16-14-12(10-15(17)7-3-4-8-15)9-11-5-1-2-6-13(11)14/h1-2,5-6,12,14,16-17H,3-4,7-10H2. The molecule has 1 aromatic rings. The molecular formula is C15H20O2. The molecule has 0 aromatic heterocycles. The summed E-state index contributed by atoms with van der Waals surface area (Å²) in [4.78, 5) is 0. The van der Waals surface area contributed by atoms with Crippen LogP contribution in [0.1, 0.15) is 49.3 Å². The molecule has 0 amide bonds. The van der Waals surface area contributed by atoms with Crippen LogP contribution < -0.4 is 0 Å². The number of rotatable bonds is 2. The minimum atomic E-state index is -0.506. The smallest absolute Gasteiger partial charge is 0.0825 e. The van der Waals surface area contributed by atoms with Crippen LogP contribution in [0.2, 0.25) is 0 Å². The molecule has 2 nitrogen and oxygen atoms in total. The van der Waals surface area contributed by atoms with E-state index in [2.05, 4.69) is 6.07 Å². The van der Waals surface area contributed by atoms with Gasteiger partial charge in [0.05, 0.1) is 11.7 Å². The molecule has 1 fully saturated rings. The maximum absolute atomic E-state index is 10.4. The summed E-state index contributed by atoms with van der Waals surface area (Å²) in [7, 11) is 0. The van der Waals surface area contributed by atoms with Gasteiger partial charge in [-0.15, -0.1) is 0 Å². The van der Waals surface area contributed by atoms with Gasteiger partial charge in [-0.3, -0.25) is 0 Å². The van der Waals surface area contributed by atoms with Crippen molar-refractivity contribution in [2.45, 2.75) is 50.2 Å². The SMILES string of the molecule is OC1c2ccccc2CC1CC1(O)CCCC1. The molecule has 0 spiro atoms. The Morgan fingerprint density at radius 1 is 1.18 bits per heavy atom. The summed E-state index contributed by atoms with van der Waals surface area (Å²) in [5.41, 5.74) is 1.82. The minimum Gasteiger partial charge on any atom is -0.390 e. The van der Waals surface area contributed by atoms with Gasteiger partial charge in [-0.2, -0.15) is 0 Å². The first-order valence-corrected chi connectivity index (χ1v) is 6.66. The van der Waals surface area contributed by atoms with E-state index in [1.807, 2.05) is 18.2 Å². The molecule has 1 aromatic carbocycles. The summed E-state index contributed by atoms with van der Waals surface area (Å²) in [6.07, 6.45) is 5.37. The Morgan fingerprint density at radius 2 is 1.88 bits per heavy atom. The summed E-state index contributed by atoms with van der Waals surface area (Å²) in [6.45, 7) is 0. The predicted molar refractivity (Wildman–Crippen MR) is 66.6 cm³/mol. The molecule has 2 unspecified atom stereocenters. The number of hydrogen-bond donors (Lipinski definition) is 2. The van der Waals surface area contributed by atoms with Crippen molar-refractivity contribution in [2.75, 3.05) is 0 Å². The van der Waals surface area contributed by atoms with Crippen LogP contribution in [0.25, 0.3) is 0 Å². The number of aliphatic hydroxyl groups excluding tert-OH is 1. The van der Waals surface area contributed by atoms with Crippen LogP contribution in [-0.4, -0.2) is 15.8 Å². The van der Waals surface area contributed by atoms with Gasteiger partial charge in [0, 0.05) is 0 Å². The molecule has 2 N–H and O–H groups in total. The summed E-state index contributed by atoms with van der Waals surface area (Å²) in [6, 6.07) is 8.11. The summed E-state index contributed by atoms with van der Waals surface area (Å²) in [5, 5.41) is 20.7. The molecule has 2 aliphatic carbocycles. The number of benzene rings is 1. The van der Waals surface area contributed by atoms with Crippen LogP contribution in [0.4, 0.5) is 0 Å². The van der Waals surface area contributed by atoms with Gasteiger partial charge in [-0.25, -0.2) is 0 Å². The highest BCUT2D eigenvalue weighted by molar-refractivity contribution is 5.34. The average Bonchev–Trinajstić information content (AvgIpc) is 2.86. The van der Waals surface area contributed by atoms with Crippen LogP contribution in [0.3, 0.4) is 0 Å². The van der Waals surface area contributed by atoms with Crippen LogP contribution in [0, 0.1) is 5.92 Å². The Kier molecular flexibility index (Phi) is 2.72. The van der Waals surface area contributed by atoms with Gasteiger partial charge in [-0.1, -0.05) is 37.1 Å². The third kappa shape index (κ3) is 2.00. The summed E-state index contributed by atoms with van der Waals surface area (Å²) < 4.78 is 0. The highest BCUT2D eigenvalue weighted by Gasteiger charge is 2.39. The van der Waals surface area contributed by atoms with Gasteiger partial charge in [-0.05, 0) is 42.7 Å². The van der Waals surface area contributed by atoms with Crippen molar-refractivity contribution in [3.05, 3.63) is 35.4 Å². The van der Waals surface area contributed by atoms with E-state index in [0.717, 1.165) is 44.1 Å². The quantitative estimate of drug-likeness (QED) is 0.822. The van der Waals surface area contributed by atoms with Crippen molar-refractivity contribution in [3.63, 3.8) is 0 Å². The van der Waals surface area contributed by atoms with E-state index < -0.39 is 5.60 Å². The van der Waals surface area contributed by atoms with Gasteiger partial charge in [0.2, 0.25) is 0 Å². The van der Waals surface area contributed by atoms with Crippen molar-refractivity contribution in [1.82, 2.24) is 0 Å². The second-order valence-corrected chi connectivity index (χ2v) is 5.74. The van der Waals surface area contributed by atoms with Crippen LogP contribution in [0.5, 0.6) is 0 Å². The average molecular weight is 232 g/mol. The monoisotopic (exact) mass is 232 g/mol. The molecule has 0 saturated heterocycles. The lowest BCUT2D eigenvalue weighted by Gasteiger charge is -2.27. The van der Waals surface area contributed by atoms with Gasteiger partial charge >= 0.3 is 0 Å². The lowest BCUT2D eigenvalue weighted by atomic mass is 9.86. The molecule has 0 heterocycles. The van der Waals surface area contributed by atoms with Gasteiger partial charge in [0.25, 0.3) is 0 Å². The predicted octanol–water partition coefficient (Wildman–Crippen LogP) is 2.59. The third-order valence-corrected chi connectivity index (χ3v) is 4.48. The molecule has 0 radical (unpaired) electrons. The molecule has 1 saturated carbocycles. The van der Waals surface area contributed by atoms with Crippen molar-refractivity contribution in [1.29, 1.82) is 0 Å². The van der Waals surface area contributed by atoms with Crippen molar-refractivity contribution < 1.29 is 10.2 Å². The zero-order chi connectivity index (χ0) is 11.9.